The average Bonchev–Trinajstić information content (AvgIpc) is 3.52. The van der Waals surface area contributed by atoms with Crippen LogP contribution in [0.15, 0.2) is 71.5 Å². The molecule has 0 spiro atoms. The third kappa shape index (κ3) is 4.22. The Bertz CT molecular complexity index is 1590. The Morgan fingerprint density at radius 2 is 1.80 bits per heavy atom. The summed E-state index contributed by atoms with van der Waals surface area (Å²) < 4.78 is 11.8. The number of benzene rings is 3. The maximum atomic E-state index is 13.1. The van der Waals surface area contributed by atoms with Crippen molar-refractivity contribution in [1.29, 1.82) is 0 Å². The first-order chi connectivity index (χ1) is 17.1. The molecule has 1 aliphatic heterocycles. The lowest BCUT2D eigenvalue weighted by Gasteiger charge is -2.14. The number of carbonyl (C=O) groups excluding carboxylic acids is 1. The van der Waals surface area contributed by atoms with Crippen molar-refractivity contribution in [3.8, 4) is 11.5 Å². The second kappa shape index (κ2) is 8.84. The van der Waals surface area contributed by atoms with E-state index in [-0.39, 0.29) is 24.7 Å². The number of H-pyrrole nitrogens is 1. The second-order valence-electron chi connectivity index (χ2n) is 8.21. The SMILES string of the molecule is O=C(C[C@@H](c1nc2ccccc2c(=O)[nH]1)c1nc2ccccc2s1)NCc1ccc2c(c1)OCO2. The number of fused-ring (bicyclic) bond motifs is 3. The van der Waals surface area contributed by atoms with Gasteiger partial charge in [0.1, 0.15) is 10.8 Å². The van der Waals surface area contributed by atoms with E-state index in [1.165, 1.54) is 11.3 Å². The Morgan fingerprint density at radius 3 is 2.69 bits per heavy atom. The van der Waals surface area contributed by atoms with E-state index < -0.39 is 5.92 Å². The van der Waals surface area contributed by atoms with Crippen LogP contribution in [-0.2, 0) is 11.3 Å². The standard InChI is InChI=1S/C26H20N4O4S/c31-23(27-13-15-9-10-20-21(11-15)34-14-33-20)12-17(26-29-19-7-3-4-8-22(19)35-26)24-28-18-6-2-1-5-16(18)25(32)30-24/h1-11,17H,12-14H2,(H,27,31)(H,28,30,32)/t17-/m0/s1. The number of nitrogens with zero attached hydrogens (tertiary/aromatic N) is 2. The minimum atomic E-state index is -0.499. The van der Waals surface area contributed by atoms with Crippen molar-refractivity contribution >= 4 is 38.4 Å². The fraction of sp³-hybridized carbons (Fsp3) is 0.154. The van der Waals surface area contributed by atoms with Crippen LogP contribution in [0.25, 0.3) is 21.1 Å². The molecule has 0 aliphatic carbocycles. The zero-order valence-corrected chi connectivity index (χ0v) is 19.3. The van der Waals surface area contributed by atoms with Crippen molar-refractivity contribution in [2.45, 2.75) is 18.9 Å². The Balaban J connectivity index is 1.30. The Hall–Kier alpha value is -4.24. The molecule has 1 aliphatic rings. The summed E-state index contributed by atoms with van der Waals surface area (Å²) in [5, 5.41) is 4.20. The molecule has 0 saturated heterocycles. The number of nitrogens with one attached hydrogen (secondary N) is 2. The maximum Gasteiger partial charge on any atom is 0.258 e. The number of aromatic amines is 1. The van der Waals surface area contributed by atoms with Crippen LogP contribution in [0.3, 0.4) is 0 Å². The molecule has 174 valence electrons. The molecule has 3 aromatic carbocycles. The fourth-order valence-electron chi connectivity index (χ4n) is 4.12. The number of hydrogen-bond donors (Lipinski definition) is 2. The van der Waals surface area contributed by atoms with Crippen molar-refractivity contribution in [3.63, 3.8) is 0 Å². The smallest absolute Gasteiger partial charge is 0.258 e. The normalized spacial score (nSPS) is 13.3. The van der Waals surface area contributed by atoms with Gasteiger partial charge in [0.25, 0.3) is 5.56 Å². The topological polar surface area (TPSA) is 106 Å². The van der Waals surface area contributed by atoms with Gasteiger partial charge in [-0.2, -0.15) is 0 Å². The molecule has 0 radical (unpaired) electrons. The van der Waals surface area contributed by atoms with Crippen LogP contribution >= 0.6 is 11.3 Å². The van der Waals surface area contributed by atoms with E-state index >= 15 is 0 Å². The summed E-state index contributed by atoms with van der Waals surface area (Å²) in [6, 6.07) is 20.5. The monoisotopic (exact) mass is 484 g/mol. The predicted octanol–water partition coefficient (Wildman–Crippen LogP) is 4.10. The lowest BCUT2D eigenvalue weighted by molar-refractivity contribution is -0.121. The zero-order chi connectivity index (χ0) is 23.8. The minimum Gasteiger partial charge on any atom is -0.454 e. The molecule has 3 heterocycles. The number of amides is 1. The quantitative estimate of drug-likeness (QED) is 0.376. The zero-order valence-electron chi connectivity index (χ0n) is 18.5. The highest BCUT2D eigenvalue weighted by Gasteiger charge is 2.25. The van der Waals surface area contributed by atoms with Crippen LogP contribution in [0.5, 0.6) is 11.5 Å². The first kappa shape index (κ1) is 21.3. The van der Waals surface area contributed by atoms with Crippen molar-refractivity contribution < 1.29 is 14.3 Å². The lowest BCUT2D eigenvalue weighted by atomic mass is 10.0. The summed E-state index contributed by atoms with van der Waals surface area (Å²) in [5.41, 5.74) is 2.09. The first-order valence-electron chi connectivity index (χ1n) is 11.1. The molecule has 1 atom stereocenters. The van der Waals surface area contributed by atoms with Gasteiger partial charge in [-0.1, -0.05) is 30.3 Å². The molecule has 5 aromatic rings. The maximum absolute atomic E-state index is 13.1. The summed E-state index contributed by atoms with van der Waals surface area (Å²) in [5.74, 6) is 1.11. The molecule has 9 heteroatoms. The Kier molecular flexibility index (Phi) is 5.38. The van der Waals surface area contributed by atoms with E-state index in [4.69, 9.17) is 19.4 Å². The van der Waals surface area contributed by atoms with E-state index in [2.05, 4.69) is 10.3 Å². The molecule has 1 amide bonds. The van der Waals surface area contributed by atoms with Gasteiger partial charge in [0, 0.05) is 13.0 Å². The molecule has 2 aromatic heterocycles. The van der Waals surface area contributed by atoms with Crippen LogP contribution in [0.1, 0.15) is 28.7 Å². The molecule has 8 nitrogen and oxygen atoms in total. The third-order valence-electron chi connectivity index (χ3n) is 5.89. The van der Waals surface area contributed by atoms with Gasteiger partial charge in [0.15, 0.2) is 11.5 Å². The second-order valence-corrected chi connectivity index (χ2v) is 9.27. The first-order valence-corrected chi connectivity index (χ1v) is 12.0. The molecule has 0 unspecified atom stereocenters. The van der Waals surface area contributed by atoms with Crippen molar-refractivity contribution in [2.24, 2.45) is 0 Å². The van der Waals surface area contributed by atoms with E-state index in [0.29, 0.717) is 34.8 Å². The number of ether oxygens (including phenoxy) is 2. The molecular weight excluding hydrogens is 464 g/mol. The fourth-order valence-corrected chi connectivity index (χ4v) is 5.19. The van der Waals surface area contributed by atoms with Crippen LogP contribution < -0.4 is 20.3 Å². The summed E-state index contributed by atoms with van der Waals surface area (Å²) in [6.07, 6.45) is 0.0889. The number of carbonyl (C=O) groups is 1. The van der Waals surface area contributed by atoms with Crippen LogP contribution in [0.2, 0.25) is 0 Å². The van der Waals surface area contributed by atoms with Gasteiger partial charge < -0.3 is 19.8 Å². The van der Waals surface area contributed by atoms with Crippen molar-refractivity contribution in [2.75, 3.05) is 6.79 Å². The molecule has 6 rings (SSSR count). The average molecular weight is 485 g/mol. The van der Waals surface area contributed by atoms with Crippen molar-refractivity contribution in [1.82, 2.24) is 20.3 Å². The highest BCUT2D eigenvalue weighted by Crippen LogP contribution is 2.34. The van der Waals surface area contributed by atoms with E-state index in [1.807, 2.05) is 48.5 Å². The summed E-state index contributed by atoms with van der Waals surface area (Å²) >= 11 is 1.50. The van der Waals surface area contributed by atoms with Crippen LogP contribution in [0, 0.1) is 0 Å². The molecule has 0 bridgehead atoms. The van der Waals surface area contributed by atoms with Gasteiger partial charge in [0.05, 0.1) is 27.0 Å². The van der Waals surface area contributed by atoms with Gasteiger partial charge in [-0.05, 0) is 42.0 Å². The summed E-state index contributed by atoms with van der Waals surface area (Å²) in [6.45, 7) is 0.537. The predicted molar refractivity (Wildman–Crippen MR) is 133 cm³/mol. The summed E-state index contributed by atoms with van der Waals surface area (Å²) in [4.78, 5) is 38.2. The van der Waals surface area contributed by atoms with E-state index in [1.54, 1.807) is 18.2 Å². The number of aromatic nitrogens is 3. The Morgan fingerprint density at radius 1 is 1.00 bits per heavy atom. The molecule has 35 heavy (non-hydrogen) atoms. The van der Waals surface area contributed by atoms with Crippen LogP contribution in [-0.4, -0.2) is 27.7 Å². The highest BCUT2D eigenvalue weighted by molar-refractivity contribution is 7.18. The van der Waals surface area contributed by atoms with E-state index in [0.717, 1.165) is 20.8 Å². The van der Waals surface area contributed by atoms with E-state index in [9.17, 15) is 9.59 Å². The van der Waals surface area contributed by atoms with Gasteiger partial charge in [-0.15, -0.1) is 11.3 Å². The number of para-hydroxylation sites is 2. The highest BCUT2D eigenvalue weighted by atomic mass is 32.1. The lowest BCUT2D eigenvalue weighted by Crippen LogP contribution is -2.26. The molecular formula is C26H20N4O4S. The number of hydrogen-bond acceptors (Lipinski definition) is 7. The number of rotatable bonds is 6. The molecule has 0 fully saturated rings. The molecule has 2 N–H and O–H groups in total. The van der Waals surface area contributed by atoms with Crippen LogP contribution in [0.4, 0.5) is 0 Å². The van der Waals surface area contributed by atoms with Gasteiger partial charge in [-0.3, -0.25) is 9.59 Å². The van der Waals surface area contributed by atoms with Crippen molar-refractivity contribution in [3.05, 3.63) is 93.5 Å². The van der Waals surface area contributed by atoms with Gasteiger partial charge in [-0.25, -0.2) is 9.97 Å². The number of thiazole rings is 1. The van der Waals surface area contributed by atoms with Gasteiger partial charge >= 0.3 is 0 Å². The Labute approximate surface area is 203 Å². The minimum absolute atomic E-state index is 0.0889. The largest absolute Gasteiger partial charge is 0.454 e. The molecule has 0 saturated carbocycles. The van der Waals surface area contributed by atoms with Gasteiger partial charge in [0.2, 0.25) is 12.7 Å². The summed E-state index contributed by atoms with van der Waals surface area (Å²) in [7, 11) is 0. The third-order valence-corrected chi connectivity index (χ3v) is 7.04.